The fourth-order valence-electron chi connectivity index (χ4n) is 4.70. The Hall–Kier alpha value is -5.63. The van der Waals surface area contributed by atoms with Gasteiger partial charge in [0, 0.05) is 19.4 Å². The summed E-state index contributed by atoms with van der Waals surface area (Å²) in [7, 11) is 0. The molecule has 0 aliphatic carbocycles. The molecule has 0 aliphatic rings. The number of phenols is 2. The highest BCUT2D eigenvalue weighted by Crippen LogP contribution is 2.14. The van der Waals surface area contributed by atoms with Crippen molar-refractivity contribution >= 4 is 29.7 Å². The lowest BCUT2D eigenvalue weighted by Gasteiger charge is -2.25. The van der Waals surface area contributed by atoms with Gasteiger partial charge in [-0.25, -0.2) is 4.79 Å². The second kappa shape index (κ2) is 17.8. The number of carbonyl (C=O) groups is 4. The van der Waals surface area contributed by atoms with Gasteiger partial charge in [0.2, 0.25) is 17.7 Å². The second-order valence-corrected chi connectivity index (χ2v) is 11.0. The highest BCUT2D eigenvalue weighted by molar-refractivity contribution is 5.94. The molecule has 0 bridgehead atoms. The van der Waals surface area contributed by atoms with Crippen LogP contribution in [0.3, 0.4) is 0 Å². The van der Waals surface area contributed by atoms with Gasteiger partial charge >= 0.3 is 5.97 Å². The SMILES string of the molecule is NC(N)=NCCCC(NC(=O)C(Cc1ccccc1)NC(=O)C(Cc1ccc(O)cc1)NC(=O)C(N)Cc1ccc(O)cc1)C(=O)O. The van der Waals surface area contributed by atoms with Crippen LogP contribution in [0.4, 0.5) is 0 Å². The van der Waals surface area contributed by atoms with Gasteiger partial charge < -0.3 is 48.5 Å². The number of carboxylic acids is 1. The van der Waals surface area contributed by atoms with E-state index < -0.39 is 47.9 Å². The van der Waals surface area contributed by atoms with E-state index in [0.29, 0.717) is 16.7 Å². The number of rotatable bonds is 17. The standard InChI is InChI=1S/C33H41N7O7/c34-25(17-21-8-12-23(41)13-9-21)29(43)39-27(19-22-10-14-24(42)15-11-22)31(45)40-28(18-20-5-2-1-3-6-20)30(44)38-26(32(46)47)7-4-16-37-33(35)36/h1-3,5-6,8-15,25-28,41-42H,4,7,16-19,34H2,(H,38,44)(H,39,43)(H,40,45)(H,46,47)(H4,35,36,37). The predicted molar refractivity (Wildman–Crippen MR) is 175 cm³/mol. The zero-order valence-corrected chi connectivity index (χ0v) is 25.7. The first-order chi connectivity index (χ1) is 22.4. The molecule has 12 N–H and O–H groups in total. The number of nitrogens with zero attached hydrogens (tertiary/aromatic N) is 1. The third kappa shape index (κ3) is 12.4. The minimum atomic E-state index is -1.28. The van der Waals surface area contributed by atoms with Gasteiger partial charge in [-0.1, -0.05) is 54.6 Å². The minimum Gasteiger partial charge on any atom is -0.508 e. The largest absolute Gasteiger partial charge is 0.508 e. The molecule has 0 radical (unpaired) electrons. The van der Waals surface area contributed by atoms with Crippen molar-refractivity contribution in [2.45, 2.75) is 56.3 Å². The number of aliphatic carboxylic acids is 1. The quantitative estimate of drug-likeness (QED) is 0.0540. The fraction of sp³-hybridized carbons (Fsp3) is 0.303. The lowest BCUT2D eigenvalue weighted by Crippen LogP contribution is -2.58. The van der Waals surface area contributed by atoms with E-state index in [0.717, 1.165) is 0 Å². The smallest absolute Gasteiger partial charge is 0.326 e. The van der Waals surface area contributed by atoms with Crippen molar-refractivity contribution in [3.8, 4) is 11.5 Å². The molecule has 3 aromatic carbocycles. The molecule has 0 saturated carbocycles. The maximum Gasteiger partial charge on any atom is 0.326 e. The van der Waals surface area contributed by atoms with Gasteiger partial charge in [-0.2, -0.15) is 0 Å². The second-order valence-electron chi connectivity index (χ2n) is 11.0. The maximum absolute atomic E-state index is 13.8. The van der Waals surface area contributed by atoms with E-state index >= 15 is 0 Å². The lowest BCUT2D eigenvalue weighted by molar-refractivity contribution is -0.142. The third-order valence-electron chi connectivity index (χ3n) is 7.21. The molecule has 250 valence electrons. The number of nitrogens with two attached hydrogens (primary N) is 3. The summed E-state index contributed by atoms with van der Waals surface area (Å²) in [4.78, 5) is 56.3. The number of amides is 3. The Balaban J connectivity index is 1.81. The Kier molecular flexibility index (Phi) is 13.5. The number of carboxylic acid groups (broad SMARTS) is 1. The van der Waals surface area contributed by atoms with Crippen molar-refractivity contribution < 1.29 is 34.5 Å². The summed E-state index contributed by atoms with van der Waals surface area (Å²) in [5.41, 5.74) is 18.8. The van der Waals surface area contributed by atoms with E-state index in [1.165, 1.54) is 24.3 Å². The van der Waals surface area contributed by atoms with Crippen LogP contribution in [-0.4, -0.2) is 75.7 Å². The number of aromatic hydroxyl groups is 2. The van der Waals surface area contributed by atoms with Crippen molar-refractivity contribution in [3.05, 3.63) is 95.6 Å². The number of carbonyl (C=O) groups excluding carboxylic acids is 3. The Morgan fingerprint density at radius 1 is 0.638 bits per heavy atom. The van der Waals surface area contributed by atoms with Gasteiger partial charge in [0.25, 0.3) is 0 Å². The normalized spacial score (nSPS) is 13.3. The van der Waals surface area contributed by atoms with Crippen LogP contribution in [0, 0.1) is 0 Å². The summed E-state index contributed by atoms with van der Waals surface area (Å²) in [6.45, 7) is 0.166. The highest BCUT2D eigenvalue weighted by atomic mass is 16.4. The highest BCUT2D eigenvalue weighted by Gasteiger charge is 2.31. The molecule has 0 spiro atoms. The number of nitrogens with one attached hydrogen (secondary N) is 3. The number of guanidine groups is 1. The third-order valence-corrected chi connectivity index (χ3v) is 7.21. The van der Waals surface area contributed by atoms with Crippen molar-refractivity contribution in [1.82, 2.24) is 16.0 Å². The average Bonchev–Trinajstić information content (AvgIpc) is 3.04. The molecule has 14 nitrogen and oxygen atoms in total. The van der Waals surface area contributed by atoms with Crippen LogP contribution < -0.4 is 33.2 Å². The Bertz CT molecular complexity index is 1510. The Morgan fingerprint density at radius 3 is 1.57 bits per heavy atom. The summed E-state index contributed by atoms with van der Waals surface area (Å²) in [6, 6.07) is 16.3. The van der Waals surface area contributed by atoms with E-state index in [2.05, 4.69) is 20.9 Å². The van der Waals surface area contributed by atoms with Crippen LogP contribution >= 0.6 is 0 Å². The number of benzene rings is 3. The molecule has 0 saturated heterocycles. The zero-order valence-electron chi connectivity index (χ0n) is 25.7. The van der Waals surface area contributed by atoms with Crippen LogP contribution in [0.1, 0.15) is 29.5 Å². The number of phenolic OH excluding ortho intramolecular Hbond substituents is 2. The van der Waals surface area contributed by atoms with Gasteiger partial charge in [-0.15, -0.1) is 0 Å². The molecule has 0 fully saturated rings. The first-order valence-electron chi connectivity index (χ1n) is 15.0. The average molecular weight is 648 g/mol. The van der Waals surface area contributed by atoms with E-state index in [1.54, 1.807) is 54.6 Å². The molecule has 3 rings (SSSR count). The lowest BCUT2D eigenvalue weighted by atomic mass is 10.0. The van der Waals surface area contributed by atoms with Crippen LogP contribution in [-0.2, 0) is 38.4 Å². The molecule has 14 heteroatoms. The van der Waals surface area contributed by atoms with E-state index in [4.69, 9.17) is 17.2 Å². The molecule has 3 aromatic rings. The first kappa shape index (κ1) is 35.8. The van der Waals surface area contributed by atoms with Crippen molar-refractivity contribution in [2.75, 3.05) is 6.54 Å². The molecule has 0 heterocycles. The van der Waals surface area contributed by atoms with E-state index in [9.17, 15) is 34.5 Å². The minimum absolute atomic E-state index is 0.00794. The molecule has 4 unspecified atom stereocenters. The first-order valence-corrected chi connectivity index (χ1v) is 15.0. The summed E-state index contributed by atoms with van der Waals surface area (Å²) in [6.07, 6.45) is 0.446. The summed E-state index contributed by atoms with van der Waals surface area (Å²) in [5, 5.41) is 36.9. The fourth-order valence-corrected chi connectivity index (χ4v) is 4.70. The number of hydrogen-bond donors (Lipinski definition) is 9. The van der Waals surface area contributed by atoms with Crippen LogP contribution in [0.5, 0.6) is 11.5 Å². The monoisotopic (exact) mass is 647 g/mol. The van der Waals surface area contributed by atoms with Crippen LogP contribution in [0.15, 0.2) is 83.9 Å². The summed E-state index contributed by atoms with van der Waals surface area (Å²) >= 11 is 0. The Labute approximate surface area is 272 Å². The summed E-state index contributed by atoms with van der Waals surface area (Å²) in [5.74, 6) is -3.41. The number of aliphatic imine (C=N–C) groups is 1. The van der Waals surface area contributed by atoms with Gasteiger partial charge in [0.05, 0.1) is 6.04 Å². The van der Waals surface area contributed by atoms with Crippen LogP contribution in [0.25, 0.3) is 0 Å². The number of hydrogen-bond acceptors (Lipinski definition) is 8. The molecular formula is C33H41N7O7. The molecule has 47 heavy (non-hydrogen) atoms. The van der Waals surface area contributed by atoms with Gasteiger partial charge in [0.15, 0.2) is 5.96 Å². The zero-order chi connectivity index (χ0) is 34.3. The van der Waals surface area contributed by atoms with Gasteiger partial charge in [-0.3, -0.25) is 19.4 Å². The van der Waals surface area contributed by atoms with Crippen molar-refractivity contribution in [1.29, 1.82) is 0 Å². The summed E-state index contributed by atoms with van der Waals surface area (Å²) < 4.78 is 0. The van der Waals surface area contributed by atoms with Crippen molar-refractivity contribution in [3.63, 3.8) is 0 Å². The van der Waals surface area contributed by atoms with Crippen molar-refractivity contribution in [2.24, 2.45) is 22.2 Å². The molecular weight excluding hydrogens is 606 g/mol. The maximum atomic E-state index is 13.8. The van der Waals surface area contributed by atoms with Crippen LogP contribution in [0.2, 0.25) is 0 Å². The predicted octanol–water partition coefficient (Wildman–Crippen LogP) is 0.0456. The molecule has 4 atom stereocenters. The topological polar surface area (TPSA) is 255 Å². The molecule has 0 aromatic heterocycles. The van der Waals surface area contributed by atoms with E-state index in [1.807, 2.05) is 0 Å². The molecule has 0 aliphatic heterocycles. The van der Waals surface area contributed by atoms with Gasteiger partial charge in [0.1, 0.15) is 29.6 Å². The Morgan fingerprint density at radius 2 is 1.09 bits per heavy atom. The molecule has 3 amide bonds. The van der Waals surface area contributed by atoms with E-state index in [-0.39, 0.29) is 56.1 Å². The van der Waals surface area contributed by atoms with Gasteiger partial charge in [-0.05, 0) is 60.2 Å².